The molecule has 0 radical (unpaired) electrons. The summed E-state index contributed by atoms with van der Waals surface area (Å²) in [7, 11) is 0. The summed E-state index contributed by atoms with van der Waals surface area (Å²) in [5.41, 5.74) is 0.825. The van der Waals surface area contributed by atoms with E-state index in [2.05, 4.69) is 10.6 Å². The maximum atomic E-state index is 12.7. The average Bonchev–Trinajstić information content (AvgIpc) is 3.30. The van der Waals surface area contributed by atoms with Crippen LogP contribution in [-0.2, 0) is 14.4 Å². The third-order valence-corrected chi connectivity index (χ3v) is 4.16. The normalized spacial score (nSPS) is 18.2. The predicted octanol–water partition coefficient (Wildman–Crippen LogP) is 0.325. The zero-order valence-electron chi connectivity index (χ0n) is 15.6. The largest absolute Gasteiger partial charge is 0.382 e. The number of carbonyl (C=O) groups excluding carboxylic acids is 3. The standard InChI is InChI=1S/C17H31N3O5/c1-9(2)8-11(12(21)15(23)20-25)14(22)19-13(17(3,4)5)16(24)18-10-6-7-10/h9-13,21,25H,6-8H2,1-5H3,(H,18,24)(H,19,22)(H,20,23)/t11-,12-,13+/m0/s1. The highest BCUT2D eigenvalue weighted by Crippen LogP contribution is 2.24. The molecule has 0 aromatic carbocycles. The van der Waals surface area contributed by atoms with Gasteiger partial charge in [0.05, 0.1) is 5.92 Å². The van der Waals surface area contributed by atoms with Crippen LogP contribution in [0.5, 0.6) is 0 Å². The number of hydroxylamine groups is 1. The lowest BCUT2D eigenvalue weighted by atomic mass is 9.84. The molecular formula is C17H31N3O5. The summed E-state index contributed by atoms with van der Waals surface area (Å²) in [4.78, 5) is 36.7. The van der Waals surface area contributed by atoms with Gasteiger partial charge in [0, 0.05) is 6.04 Å². The van der Waals surface area contributed by atoms with Gasteiger partial charge in [0.15, 0.2) is 0 Å². The molecule has 1 aliphatic rings. The zero-order chi connectivity index (χ0) is 19.4. The highest BCUT2D eigenvalue weighted by molar-refractivity contribution is 5.92. The summed E-state index contributed by atoms with van der Waals surface area (Å²) in [5.74, 6) is -2.94. The Balaban J connectivity index is 2.91. The second-order valence-electron chi connectivity index (χ2n) is 8.25. The van der Waals surface area contributed by atoms with Crippen LogP contribution in [0.2, 0.25) is 0 Å². The first-order valence-electron chi connectivity index (χ1n) is 8.70. The van der Waals surface area contributed by atoms with Crippen LogP contribution in [0.15, 0.2) is 0 Å². The number of aliphatic hydroxyl groups is 1. The monoisotopic (exact) mass is 357 g/mol. The van der Waals surface area contributed by atoms with Crippen molar-refractivity contribution in [3.05, 3.63) is 0 Å². The SMILES string of the molecule is CC(C)C[C@H](C(=O)N[C@H](C(=O)NC1CC1)C(C)(C)C)[C@H](O)C(=O)NO. The van der Waals surface area contributed by atoms with E-state index in [4.69, 9.17) is 5.21 Å². The molecule has 0 saturated heterocycles. The fraction of sp³-hybridized carbons (Fsp3) is 0.824. The second-order valence-corrected chi connectivity index (χ2v) is 8.25. The van der Waals surface area contributed by atoms with Crippen LogP contribution in [-0.4, -0.2) is 46.2 Å². The van der Waals surface area contributed by atoms with Gasteiger partial charge in [-0.1, -0.05) is 34.6 Å². The van der Waals surface area contributed by atoms with Crippen molar-refractivity contribution in [1.29, 1.82) is 0 Å². The van der Waals surface area contributed by atoms with E-state index in [1.54, 1.807) is 0 Å². The molecule has 0 aromatic rings. The number of aliphatic hydroxyl groups excluding tert-OH is 1. The van der Waals surface area contributed by atoms with Crippen LogP contribution in [0.3, 0.4) is 0 Å². The molecular weight excluding hydrogens is 326 g/mol. The molecule has 0 bridgehead atoms. The van der Waals surface area contributed by atoms with Gasteiger partial charge in [-0.15, -0.1) is 0 Å². The minimum absolute atomic E-state index is 0.0327. The molecule has 25 heavy (non-hydrogen) atoms. The minimum atomic E-state index is -1.69. The van der Waals surface area contributed by atoms with Crippen molar-refractivity contribution in [2.24, 2.45) is 17.3 Å². The van der Waals surface area contributed by atoms with Crippen LogP contribution in [0.1, 0.15) is 53.9 Å². The quantitative estimate of drug-likeness (QED) is 0.316. The van der Waals surface area contributed by atoms with Gasteiger partial charge in [0.2, 0.25) is 11.8 Å². The Kier molecular flexibility index (Phi) is 7.37. The molecule has 0 spiro atoms. The summed E-state index contributed by atoms with van der Waals surface area (Å²) in [6.07, 6.45) is 0.408. The molecule has 0 unspecified atom stereocenters. The first-order chi connectivity index (χ1) is 11.5. The summed E-state index contributed by atoms with van der Waals surface area (Å²) >= 11 is 0. The molecule has 1 saturated carbocycles. The Hall–Kier alpha value is -1.67. The third kappa shape index (κ3) is 6.62. The molecule has 5 N–H and O–H groups in total. The lowest BCUT2D eigenvalue weighted by Gasteiger charge is -2.32. The number of hydrogen-bond donors (Lipinski definition) is 5. The van der Waals surface area contributed by atoms with Gasteiger partial charge in [0.1, 0.15) is 12.1 Å². The maximum absolute atomic E-state index is 12.7. The second kappa shape index (κ2) is 8.62. The molecule has 1 rings (SSSR count). The first-order valence-corrected chi connectivity index (χ1v) is 8.70. The van der Waals surface area contributed by atoms with E-state index in [0.29, 0.717) is 0 Å². The lowest BCUT2D eigenvalue weighted by Crippen LogP contribution is -2.57. The summed E-state index contributed by atoms with van der Waals surface area (Å²) in [5, 5.41) is 24.3. The summed E-state index contributed by atoms with van der Waals surface area (Å²) in [6, 6.07) is -0.633. The van der Waals surface area contributed by atoms with E-state index in [0.717, 1.165) is 12.8 Å². The Morgan fingerprint density at radius 1 is 1.08 bits per heavy atom. The summed E-state index contributed by atoms with van der Waals surface area (Å²) < 4.78 is 0. The highest BCUT2D eigenvalue weighted by atomic mass is 16.5. The average molecular weight is 357 g/mol. The Bertz CT molecular complexity index is 497. The van der Waals surface area contributed by atoms with Gasteiger partial charge in [-0.3, -0.25) is 19.6 Å². The van der Waals surface area contributed by atoms with Crippen molar-refractivity contribution in [2.75, 3.05) is 0 Å². The summed E-state index contributed by atoms with van der Waals surface area (Å²) in [6.45, 7) is 9.20. The van der Waals surface area contributed by atoms with Crippen LogP contribution in [0.25, 0.3) is 0 Å². The minimum Gasteiger partial charge on any atom is -0.382 e. The lowest BCUT2D eigenvalue weighted by molar-refractivity contribution is -0.147. The van der Waals surface area contributed by atoms with E-state index >= 15 is 0 Å². The van der Waals surface area contributed by atoms with Crippen molar-refractivity contribution in [3.8, 4) is 0 Å². The molecule has 3 atom stereocenters. The van der Waals surface area contributed by atoms with Crippen LogP contribution < -0.4 is 16.1 Å². The van der Waals surface area contributed by atoms with Crippen LogP contribution in [0, 0.1) is 17.3 Å². The van der Waals surface area contributed by atoms with Crippen molar-refractivity contribution >= 4 is 17.7 Å². The number of carbonyl (C=O) groups is 3. The Labute approximate surface area is 148 Å². The molecule has 8 heteroatoms. The predicted molar refractivity (Wildman–Crippen MR) is 91.4 cm³/mol. The number of hydrogen-bond acceptors (Lipinski definition) is 5. The van der Waals surface area contributed by atoms with Crippen molar-refractivity contribution in [1.82, 2.24) is 16.1 Å². The number of amides is 3. The van der Waals surface area contributed by atoms with Gasteiger partial charge in [-0.2, -0.15) is 0 Å². The van der Waals surface area contributed by atoms with E-state index in [1.807, 2.05) is 34.6 Å². The fourth-order valence-corrected chi connectivity index (χ4v) is 2.57. The number of nitrogens with one attached hydrogen (secondary N) is 3. The van der Waals surface area contributed by atoms with Crippen molar-refractivity contribution in [2.45, 2.75) is 72.1 Å². The van der Waals surface area contributed by atoms with Gasteiger partial charge in [-0.05, 0) is 30.6 Å². The highest BCUT2D eigenvalue weighted by Gasteiger charge is 2.39. The third-order valence-electron chi connectivity index (χ3n) is 4.16. The van der Waals surface area contributed by atoms with Gasteiger partial charge in [-0.25, -0.2) is 5.48 Å². The topological polar surface area (TPSA) is 128 Å². The zero-order valence-corrected chi connectivity index (χ0v) is 15.6. The fourth-order valence-electron chi connectivity index (χ4n) is 2.57. The van der Waals surface area contributed by atoms with Crippen molar-refractivity contribution < 1.29 is 24.7 Å². The smallest absolute Gasteiger partial charge is 0.272 e. The van der Waals surface area contributed by atoms with E-state index in [1.165, 1.54) is 5.48 Å². The maximum Gasteiger partial charge on any atom is 0.272 e. The van der Waals surface area contributed by atoms with Gasteiger partial charge >= 0.3 is 0 Å². The van der Waals surface area contributed by atoms with E-state index in [-0.39, 0.29) is 24.3 Å². The van der Waals surface area contributed by atoms with Crippen LogP contribution in [0.4, 0.5) is 0 Å². The van der Waals surface area contributed by atoms with E-state index < -0.39 is 35.3 Å². The van der Waals surface area contributed by atoms with Crippen molar-refractivity contribution in [3.63, 3.8) is 0 Å². The Morgan fingerprint density at radius 3 is 2.04 bits per heavy atom. The van der Waals surface area contributed by atoms with E-state index in [9.17, 15) is 19.5 Å². The molecule has 144 valence electrons. The molecule has 3 amide bonds. The molecule has 1 aliphatic carbocycles. The molecule has 8 nitrogen and oxygen atoms in total. The molecule has 0 aliphatic heterocycles. The molecule has 1 fully saturated rings. The molecule has 0 aromatic heterocycles. The number of rotatable bonds is 8. The van der Waals surface area contributed by atoms with Gasteiger partial charge < -0.3 is 15.7 Å². The van der Waals surface area contributed by atoms with Crippen LogP contribution >= 0.6 is 0 Å². The first kappa shape index (κ1) is 21.4. The van der Waals surface area contributed by atoms with Gasteiger partial charge in [0.25, 0.3) is 5.91 Å². The Morgan fingerprint density at radius 2 is 1.64 bits per heavy atom. The molecule has 0 heterocycles.